The smallest absolute Gasteiger partial charge is 0.255 e. The summed E-state index contributed by atoms with van der Waals surface area (Å²) in [5, 5.41) is 2.83. The first-order chi connectivity index (χ1) is 8.56. The molecule has 0 aromatic heterocycles. The molecule has 0 bridgehead atoms. The second-order valence-electron chi connectivity index (χ2n) is 3.70. The number of carbonyl (C=O) groups excluding carboxylic acids is 1. The van der Waals surface area contributed by atoms with Crippen molar-refractivity contribution in [1.82, 2.24) is 0 Å². The molecular formula is C13H10BrIN2O. The Morgan fingerprint density at radius 3 is 2.44 bits per heavy atom. The third kappa shape index (κ3) is 3.23. The Hall–Kier alpha value is -1.08. The Bertz CT molecular complexity index is 584. The molecular weight excluding hydrogens is 407 g/mol. The van der Waals surface area contributed by atoms with Crippen LogP contribution in [0.3, 0.4) is 0 Å². The third-order valence-electron chi connectivity index (χ3n) is 2.35. The minimum atomic E-state index is -0.142. The lowest BCUT2D eigenvalue weighted by molar-refractivity contribution is 0.102. The van der Waals surface area contributed by atoms with Crippen LogP contribution in [-0.2, 0) is 0 Å². The molecule has 0 heterocycles. The molecule has 0 unspecified atom stereocenters. The lowest BCUT2D eigenvalue weighted by Crippen LogP contribution is -2.12. The van der Waals surface area contributed by atoms with E-state index in [1.54, 1.807) is 30.3 Å². The molecule has 92 valence electrons. The van der Waals surface area contributed by atoms with Gasteiger partial charge in [0.2, 0.25) is 0 Å². The maximum atomic E-state index is 12.0. The third-order valence-corrected chi connectivity index (χ3v) is 3.72. The first-order valence-electron chi connectivity index (χ1n) is 5.18. The molecule has 3 nitrogen and oxygen atoms in total. The molecule has 0 fully saturated rings. The van der Waals surface area contributed by atoms with E-state index in [-0.39, 0.29) is 5.91 Å². The van der Waals surface area contributed by atoms with E-state index in [2.05, 4.69) is 43.8 Å². The Kier molecular flexibility index (Phi) is 4.23. The van der Waals surface area contributed by atoms with Crippen LogP contribution in [0.15, 0.2) is 46.9 Å². The topological polar surface area (TPSA) is 55.1 Å². The fraction of sp³-hybridized carbons (Fsp3) is 0. The molecule has 18 heavy (non-hydrogen) atoms. The van der Waals surface area contributed by atoms with Crippen LogP contribution in [0, 0.1) is 3.57 Å². The number of nitrogens with two attached hydrogens (primary N) is 1. The number of hydrogen-bond acceptors (Lipinski definition) is 2. The van der Waals surface area contributed by atoms with Crippen molar-refractivity contribution >= 4 is 55.8 Å². The fourth-order valence-corrected chi connectivity index (χ4v) is 2.28. The Labute approximate surface area is 127 Å². The summed E-state index contributed by atoms with van der Waals surface area (Å²) in [6.07, 6.45) is 0. The van der Waals surface area contributed by atoms with E-state index in [9.17, 15) is 4.79 Å². The van der Waals surface area contributed by atoms with Crippen LogP contribution >= 0.6 is 38.5 Å². The van der Waals surface area contributed by atoms with Crippen LogP contribution in [0.25, 0.3) is 0 Å². The molecule has 0 atom stereocenters. The minimum Gasteiger partial charge on any atom is -0.399 e. The van der Waals surface area contributed by atoms with Crippen molar-refractivity contribution in [2.24, 2.45) is 0 Å². The second-order valence-corrected chi connectivity index (χ2v) is 5.80. The van der Waals surface area contributed by atoms with Crippen molar-refractivity contribution in [1.29, 1.82) is 0 Å². The lowest BCUT2D eigenvalue weighted by atomic mass is 10.2. The van der Waals surface area contributed by atoms with Gasteiger partial charge >= 0.3 is 0 Å². The van der Waals surface area contributed by atoms with E-state index < -0.39 is 0 Å². The molecule has 0 saturated carbocycles. The Balaban J connectivity index is 2.18. The summed E-state index contributed by atoms with van der Waals surface area (Å²) in [5.74, 6) is -0.142. The standard InChI is InChI=1S/C13H10BrIN2O/c14-11-7-10(16)5-6-12(11)17-13(18)8-1-3-9(15)4-2-8/h1-7H,16H2,(H,17,18). The maximum Gasteiger partial charge on any atom is 0.255 e. The Morgan fingerprint density at radius 2 is 1.83 bits per heavy atom. The summed E-state index contributed by atoms with van der Waals surface area (Å²) in [6, 6.07) is 12.6. The molecule has 0 aliphatic rings. The van der Waals surface area contributed by atoms with E-state index >= 15 is 0 Å². The number of nitrogen functional groups attached to an aromatic ring is 1. The quantitative estimate of drug-likeness (QED) is 0.576. The van der Waals surface area contributed by atoms with E-state index in [1.165, 1.54) is 0 Å². The largest absolute Gasteiger partial charge is 0.399 e. The minimum absolute atomic E-state index is 0.142. The number of halogens is 2. The van der Waals surface area contributed by atoms with Crippen molar-refractivity contribution in [2.45, 2.75) is 0 Å². The molecule has 2 aromatic carbocycles. The highest BCUT2D eigenvalue weighted by atomic mass is 127. The number of rotatable bonds is 2. The van der Waals surface area contributed by atoms with Gasteiger partial charge in [0.05, 0.1) is 5.69 Å². The van der Waals surface area contributed by atoms with Gasteiger partial charge < -0.3 is 11.1 Å². The van der Waals surface area contributed by atoms with Crippen LogP contribution in [0.2, 0.25) is 0 Å². The highest BCUT2D eigenvalue weighted by molar-refractivity contribution is 14.1. The number of carbonyl (C=O) groups is 1. The Morgan fingerprint density at radius 1 is 1.17 bits per heavy atom. The monoisotopic (exact) mass is 416 g/mol. The summed E-state index contributed by atoms with van der Waals surface area (Å²) < 4.78 is 1.86. The molecule has 1 amide bonds. The second kappa shape index (κ2) is 5.71. The molecule has 0 aliphatic carbocycles. The fourth-order valence-electron chi connectivity index (χ4n) is 1.43. The van der Waals surface area contributed by atoms with Gasteiger partial charge in [0.15, 0.2) is 0 Å². The van der Waals surface area contributed by atoms with Crippen molar-refractivity contribution in [2.75, 3.05) is 11.1 Å². The lowest BCUT2D eigenvalue weighted by Gasteiger charge is -2.08. The summed E-state index contributed by atoms with van der Waals surface area (Å²) in [7, 11) is 0. The maximum absolute atomic E-state index is 12.0. The average Bonchev–Trinajstić information content (AvgIpc) is 2.33. The van der Waals surface area contributed by atoms with Crippen molar-refractivity contribution < 1.29 is 4.79 Å². The van der Waals surface area contributed by atoms with Gasteiger partial charge in [-0.25, -0.2) is 0 Å². The molecule has 0 radical (unpaired) electrons. The van der Waals surface area contributed by atoms with Gasteiger partial charge in [0.1, 0.15) is 0 Å². The van der Waals surface area contributed by atoms with Gasteiger partial charge in [-0.05, 0) is 81.0 Å². The van der Waals surface area contributed by atoms with E-state index in [0.717, 1.165) is 8.04 Å². The number of anilines is 2. The van der Waals surface area contributed by atoms with Crippen molar-refractivity contribution in [3.63, 3.8) is 0 Å². The molecule has 2 aromatic rings. The number of amides is 1. The van der Waals surface area contributed by atoms with Crippen molar-refractivity contribution in [3.8, 4) is 0 Å². The SMILES string of the molecule is Nc1ccc(NC(=O)c2ccc(I)cc2)c(Br)c1. The van der Waals surface area contributed by atoms with Crippen molar-refractivity contribution in [3.05, 3.63) is 56.1 Å². The van der Waals surface area contributed by atoms with Crippen LogP contribution < -0.4 is 11.1 Å². The summed E-state index contributed by atoms with van der Waals surface area (Å²) in [4.78, 5) is 12.0. The van der Waals surface area contributed by atoms with Gasteiger partial charge in [0.25, 0.3) is 5.91 Å². The van der Waals surface area contributed by atoms with Crippen LogP contribution in [0.1, 0.15) is 10.4 Å². The van der Waals surface area contributed by atoms with Gasteiger partial charge in [-0.1, -0.05) is 0 Å². The molecule has 0 saturated heterocycles. The molecule has 5 heteroatoms. The van der Waals surface area contributed by atoms with Gasteiger partial charge in [0, 0.05) is 19.3 Å². The van der Waals surface area contributed by atoms with Crippen LogP contribution in [-0.4, -0.2) is 5.91 Å². The predicted octanol–water partition coefficient (Wildman–Crippen LogP) is 3.89. The average molecular weight is 417 g/mol. The van der Waals surface area contributed by atoms with Crippen LogP contribution in [0.4, 0.5) is 11.4 Å². The van der Waals surface area contributed by atoms with Gasteiger partial charge in [-0.2, -0.15) is 0 Å². The normalized spacial score (nSPS) is 10.1. The first-order valence-corrected chi connectivity index (χ1v) is 7.05. The zero-order chi connectivity index (χ0) is 13.1. The summed E-state index contributed by atoms with van der Waals surface area (Å²) in [6.45, 7) is 0. The van der Waals surface area contributed by atoms with Gasteiger partial charge in [-0.3, -0.25) is 4.79 Å². The zero-order valence-corrected chi connectivity index (χ0v) is 13.0. The van der Waals surface area contributed by atoms with Crippen LogP contribution in [0.5, 0.6) is 0 Å². The summed E-state index contributed by atoms with van der Waals surface area (Å²) >= 11 is 5.56. The van der Waals surface area contributed by atoms with E-state index in [0.29, 0.717) is 16.9 Å². The van der Waals surface area contributed by atoms with E-state index in [4.69, 9.17) is 5.73 Å². The van der Waals surface area contributed by atoms with Gasteiger partial charge in [-0.15, -0.1) is 0 Å². The predicted molar refractivity (Wildman–Crippen MR) is 85.7 cm³/mol. The molecule has 2 rings (SSSR count). The molecule has 0 spiro atoms. The zero-order valence-electron chi connectivity index (χ0n) is 9.28. The summed E-state index contributed by atoms with van der Waals surface area (Å²) in [5.41, 5.74) is 7.62. The highest BCUT2D eigenvalue weighted by Crippen LogP contribution is 2.25. The first kappa shape index (κ1) is 13.4. The molecule has 0 aliphatic heterocycles. The van der Waals surface area contributed by atoms with E-state index in [1.807, 2.05) is 12.1 Å². The molecule has 3 N–H and O–H groups in total. The number of hydrogen-bond donors (Lipinski definition) is 2. The number of nitrogens with one attached hydrogen (secondary N) is 1. The number of benzene rings is 2. The highest BCUT2D eigenvalue weighted by Gasteiger charge is 2.08.